The number of aromatic carboxylic acids is 1. The van der Waals surface area contributed by atoms with Crippen LogP contribution in [0.3, 0.4) is 0 Å². The molecule has 0 aliphatic rings. The molecule has 2 N–H and O–H groups in total. The van der Waals surface area contributed by atoms with Crippen molar-refractivity contribution in [1.82, 2.24) is 0 Å². The molecule has 0 bridgehead atoms. The van der Waals surface area contributed by atoms with Gasteiger partial charge in [0.1, 0.15) is 0 Å². The van der Waals surface area contributed by atoms with Gasteiger partial charge in [-0.25, -0.2) is 4.79 Å². The molecule has 0 aliphatic heterocycles. The van der Waals surface area contributed by atoms with E-state index in [0.717, 1.165) is 18.2 Å². The predicted molar refractivity (Wildman–Crippen MR) is 45.1 cm³/mol. The molecule has 3 nitrogen and oxygen atoms in total. The Hall–Kier alpha value is 0.0764. The van der Waals surface area contributed by atoms with Gasteiger partial charge < -0.3 is 10.6 Å². The van der Waals surface area contributed by atoms with Gasteiger partial charge in [-0.1, -0.05) is 0 Å². The smallest absolute Gasteiger partial charge is 0.870 e. The second kappa shape index (κ2) is 6.72. The summed E-state index contributed by atoms with van der Waals surface area (Å²) >= 11 is 0. The van der Waals surface area contributed by atoms with E-state index in [0.29, 0.717) is 0 Å². The molecule has 0 aliphatic carbocycles. The molecule has 1 rings (SSSR count). The zero-order chi connectivity index (χ0) is 10.9. The van der Waals surface area contributed by atoms with Crippen molar-refractivity contribution in [1.29, 1.82) is 0 Å². The summed E-state index contributed by atoms with van der Waals surface area (Å²) in [6, 6.07) is 2.54. The van der Waals surface area contributed by atoms with E-state index in [-0.39, 0.29) is 68.0 Å². The Bertz CT molecular complexity index is 377. The normalized spacial score (nSPS) is 10.0. The van der Waals surface area contributed by atoms with E-state index < -0.39 is 17.7 Å². The van der Waals surface area contributed by atoms with Crippen molar-refractivity contribution in [2.45, 2.75) is 13.1 Å². The first-order valence-electron chi connectivity index (χ1n) is 3.73. The van der Waals surface area contributed by atoms with Crippen LogP contribution in [-0.2, 0) is 6.18 Å². The van der Waals surface area contributed by atoms with E-state index in [1.165, 1.54) is 6.92 Å². The zero-order valence-corrected chi connectivity index (χ0v) is 11.8. The van der Waals surface area contributed by atoms with Crippen LogP contribution >= 0.6 is 0 Å². The van der Waals surface area contributed by atoms with Gasteiger partial charge in [-0.3, -0.25) is 0 Å². The molecule has 1 aromatic carbocycles. The fourth-order valence-corrected chi connectivity index (χ4v) is 1.08. The van der Waals surface area contributed by atoms with Crippen molar-refractivity contribution in [3.05, 3.63) is 34.9 Å². The van der Waals surface area contributed by atoms with Crippen molar-refractivity contribution < 1.29 is 79.9 Å². The molecule has 1 aromatic rings. The van der Waals surface area contributed by atoms with E-state index in [4.69, 9.17) is 5.11 Å². The third kappa shape index (κ3) is 4.52. The van der Waals surface area contributed by atoms with E-state index in [1.54, 1.807) is 0 Å². The van der Waals surface area contributed by atoms with Gasteiger partial charge in [0, 0.05) is 0 Å². The van der Waals surface area contributed by atoms with Crippen LogP contribution in [0, 0.1) is 6.92 Å². The molecule has 16 heavy (non-hydrogen) atoms. The molecule has 0 heterocycles. The number of halogens is 3. The van der Waals surface area contributed by atoms with Crippen LogP contribution in [0.25, 0.3) is 0 Å². The van der Waals surface area contributed by atoms with Crippen LogP contribution in [-0.4, -0.2) is 16.6 Å². The second-order valence-electron chi connectivity index (χ2n) is 2.83. The standard InChI is InChI=1S/C9H7F3O2.K.H2O/c1-5-4-6(9(10,11)12)2-3-7(5)8(13)14;;/h2-4H,1H3,(H,13,14);;1H2/q;+1;/p-1. The van der Waals surface area contributed by atoms with Gasteiger partial charge in [0.05, 0.1) is 11.1 Å². The molecule has 0 fully saturated rings. The molecule has 0 saturated carbocycles. The molecule has 0 aromatic heterocycles. The quantitative estimate of drug-likeness (QED) is 0.695. The number of carboxylic acids is 1. The Morgan fingerprint density at radius 1 is 1.31 bits per heavy atom. The molecule has 84 valence electrons. The van der Waals surface area contributed by atoms with Gasteiger partial charge in [-0.2, -0.15) is 13.2 Å². The monoisotopic (exact) mass is 260 g/mol. The number of hydrogen-bond acceptors (Lipinski definition) is 2. The van der Waals surface area contributed by atoms with Gasteiger partial charge in [-0.15, -0.1) is 0 Å². The SMILES string of the molecule is Cc1cc(C(F)(F)F)ccc1C(=O)O.[K+].[OH-]. The fourth-order valence-electron chi connectivity index (χ4n) is 1.08. The zero-order valence-electron chi connectivity index (χ0n) is 8.67. The van der Waals surface area contributed by atoms with Crippen molar-refractivity contribution >= 4 is 5.97 Å². The summed E-state index contributed by atoms with van der Waals surface area (Å²) in [5.41, 5.74) is -0.842. The van der Waals surface area contributed by atoms with E-state index in [2.05, 4.69) is 0 Å². The van der Waals surface area contributed by atoms with Crippen molar-refractivity contribution in [2.24, 2.45) is 0 Å². The summed E-state index contributed by atoms with van der Waals surface area (Å²) in [5, 5.41) is 8.58. The first kappa shape index (κ1) is 18.4. The Morgan fingerprint density at radius 2 is 1.81 bits per heavy atom. The Morgan fingerprint density at radius 3 is 2.12 bits per heavy atom. The second-order valence-corrected chi connectivity index (χ2v) is 2.83. The molecule has 0 spiro atoms. The topological polar surface area (TPSA) is 67.3 Å². The van der Waals surface area contributed by atoms with Crippen LogP contribution in [0.1, 0.15) is 21.5 Å². The first-order chi connectivity index (χ1) is 6.32. The molecule has 7 heteroatoms. The summed E-state index contributed by atoms with van der Waals surface area (Å²) in [7, 11) is 0. The molecule has 0 radical (unpaired) electrons. The Kier molecular flexibility index (Phi) is 7.75. The Labute approximate surface area is 132 Å². The summed E-state index contributed by atoms with van der Waals surface area (Å²) in [6.07, 6.45) is -4.43. The number of aryl methyl sites for hydroxylation is 1. The number of alkyl halides is 3. The number of benzene rings is 1. The molecule has 0 saturated heterocycles. The third-order valence-electron chi connectivity index (χ3n) is 1.78. The fraction of sp³-hybridized carbons (Fsp3) is 0.222. The van der Waals surface area contributed by atoms with Gasteiger partial charge in [0.25, 0.3) is 0 Å². The average Bonchev–Trinajstić information content (AvgIpc) is 2.01. The van der Waals surface area contributed by atoms with Crippen LogP contribution in [0.5, 0.6) is 0 Å². The van der Waals surface area contributed by atoms with Gasteiger partial charge in [0.15, 0.2) is 0 Å². The molecular formula is C9H8F3KO3. The maximum atomic E-state index is 12.2. The minimum Gasteiger partial charge on any atom is -0.870 e. The largest absolute Gasteiger partial charge is 1.00 e. The minimum atomic E-state index is -4.43. The maximum Gasteiger partial charge on any atom is 1.00 e. The number of rotatable bonds is 1. The van der Waals surface area contributed by atoms with E-state index in [1.807, 2.05) is 0 Å². The van der Waals surface area contributed by atoms with E-state index in [9.17, 15) is 18.0 Å². The van der Waals surface area contributed by atoms with Crippen molar-refractivity contribution in [3.63, 3.8) is 0 Å². The van der Waals surface area contributed by atoms with Gasteiger partial charge >= 0.3 is 63.5 Å². The van der Waals surface area contributed by atoms with Crippen molar-refractivity contribution in [3.8, 4) is 0 Å². The number of carbonyl (C=O) groups is 1. The van der Waals surface area contributed by atoms with Crippen LogP contribution in [0.2, 0.25) is 0 Å². The predicted octanol–water partition coefficient (Wildman–Crippen LogP) is -0.461. The molecule has 0 unspecified atom stereocenters. The summed E-state index contributed by atoms with van der Waals surface area (Å²) in [4.78, 5) is 10.5. The first-order valence-corrected chi connectivity index (χ1v) is 3.73. The number of carboxylic acid groups (broad SMARTS) is 1. The van der Waals surface area contributed by atoms with Gasteiger partial charge in [-0.05, 0) is 30.7 Å². The molecule has 0 atom stereocenters. The Balaban J connectivity index is 0. The molecular weight excluding hydrogens is 252 g/mol. The molecule has 0 amide bonds. The summed E-state index contributed by atoms with van der Waals surface area (Å²) in [5.74, 6) is -1.23. The van der Waals surface area contributed by atoms with Crippen LogP contribution < -0.4 is 51.4 Å². The minimum absolute atomic E-state index is 0. The van der Waals surface area contributed by atoms with Crippen LogP contribution in [0.15, 0.2) is 18.2 Å². The third-order valence-corrected chi connectivity index (χ3v) is 1.78. The summed E-state index contributed by atoms with van der Waals surface area (Å²) in [6.45, 7) is 1.33. The average molecular weight is 260 g/mol. The van der Waals surface area contributed by atoms with Crippen molar-refractivity contribution in [2.75, 3.05) is 0 Å². The van der Waals surface area contributed by atoms with Crippen LogP contribution in [0.4, 0.5) is 13.2 Å². The van der Waals surface area contributed by atoms with Gasteiger partial charge in [0.2, 0.25) is 0 Å². The number of hydrogen-bond donors (Lipinski definition) is 1. The van der Waals surface area contributed by atoms with E-state index >= 15 is 0 Å². The summed E-state index contributed by atoms with van der Waals surface area (Å²) < 4.78 is 36.5. The maximum absolute atomic E-state index is 12.2.